The first-order valence-electron chi connectivity index (χ1n) is 10.4. The molecule has 0 aromatic carbocycles. The number of nitrogens with zero attached hydrogens (tertiary/aromatic N) is 3. The first kappa shape index (κ1) is 24.4. The first-order valence-corrected chi connectivity index (χ1v) is 12.0. The van der Waals surface area contributed by atoms with E-state index in [2.05, 4.69) is 47.1 Å². The van der Waals surface area contributed by atoms with E-state index in [9.17, 15) is 19.7 Å². The fraction of sp³-hybridized carbons (Fsp3) is 0.571. The summed E-state index contributed by atoms with van der Waals surface area (Å²) in [6, 6.07) is 0. The zero-order valence-corrected chi connectivity index (χ0v) is 21.2. The van der Waals surface area contributed by atoms with E-state index in [0.29, 0.717) is 22.2 Å². The monoisotopic (exact) mass is 526 g/mol. The van der Waals surface area contributed by atoms with Crippen molar-refractivity contribution in [1.29, 1.82) is 0 Å². The molecule has 174 valence electrons. The second kappa shape index (κ2) is 9.30. The fourth-order valence-corrected chi connectivity index (χ4v) is 5.67. The molecular formula is C21H27BrN4O5S. The zero-order valence-electron chi connectivity index (χ0n) is 18.8. The minimum Gasteiger partial charge on any atom is -0.462 e. The van der Waals surface area contributed by atoms with Crippen LogP contribution in [0.3, 0.4) is 0 Å². The number of esters is 1. The van der Waals surface area contributed by atoms with E-state index in [1.807, 2.05) is 0 Å². The second-order valence-corrected chi connectivity index (χ2v) is 10.8. The number of rotatable bonds is 6. The Labute approximate surface area is 198 Å². The van der Waals surface area contributed by atoms with Gasteiger partial charge in [-0.25, -0.2) is 4.79 Å². The van der Waals surface area contributed by atoms with Crippen molar-refractivity contribution in [3.63, 3.8) is 0 Å². The van der Waals surface area contributed by atoms with Gasteiger partial charge in [0, 0.05) is 4.88 Å². The van der Waals surface area contributed by atoms with Crippen LogP contribution < -0.4 is 5.32 Å². The molecule has 1 aliphatic rings. The lowest BCUT2D eigenvalue weighted by atomic mass is 9.72. The number of amides is 1. The molecule has 0 spiro atoms. The summed E-state index contributed by atoms with van der Waals surface area (Å²) in [4.78, 5) is 37.1. The summed E-state index contributed by atoms with van der Waals surface area (Å²) in [6.45, 7) is 10.1. The van der Waals surface area contributed by atoms with Crippen molar-refractivity contribution in [2.45, 2.75) is 60.4 Å². The number of nitrogens with one attached hydrogen (secondary N) is 1. The summed E-state index contributed by atoms with van der Waals surface area (Å²) in [7, 11) is 0. The Morgan fingerprint density at radius 2 is 2.09 bits per heavy atom. The predicted octanol–water partition coefficient (Wildman–Crippen LogP) is 4.89. The molecule has 0 bridgehead atoms. The summed E-state index contributed by atoms with van der Waals surface area (Å²) >= 11 is 4.56. The molecule has 0 fully saturated rings. The van der Waals surface area contributed by atoms with Crippen molar-refractivity contribution in [2.75, 3.05) is 11.9 Å². The molecule has 11 heteroatoms. The van der Waals surface area contributed by atoms with Crippen molar-refractivity contribution in [2.24, 2.45) is 11.3 Å². The Morgan fingerprint density at radius 1 is 1.41 bits per heavy atom. The highest BCUT2D eigenvalue weighted by Crippen LogP contribution is 2.44. The molecule has 1 aliphatic carbocycles. The normalized spacial score (nSPS) is 15.9. The summed E-state index contributed by atoms with van der Waals surface area (Å²) in [5, 5.41) is 18.3. The van der Waals surface area contributed by atoms with Crippen molar-refractivity contribution in [3.8, 4) is 0 Å². The van der Waals surface area contributed by atoms with Crippen LogP contribution in [-0.4, -0.2) is 33.2 Å². The molecule has 3 rings (SSSR count). The molecule has 2 aromatic heterocycles. The number of aromatic nitrogens is 2. The average Bonchev–Trinajstić information content (AvgIpc) is 3.18. The van der Waals surface area contributed by atoms with Crippen LogP contribution in [0, 0.1) is 28.4 Å². The number of carbonyl (C=O) groups is 2. The Morgan fingerprint density at radius 3 is 2.66 bits per heavy atom. The SMILES string of the molecule is CCOC(=O)c1c(NC(=O)Cn2nc([N+](=O)[O-])c(Br)c2C)sc2c1CC[C@@H](C(C)(C)C)C2. The van der Waals surface area contributed by atoms with E-state index in [0.717, 1.165) is 29.7 Å². The van der Waals surface area contributed by atoms with Gasteiger partial charge in [0.1, 0.15) is 16.0 Å². The van der Waals surface area contributed by atoms with Gasteiger partial charge in [0.05, 0.1) is 23.0 Å². The average molecular weight is 527 g/mol. The van der Waals surface area contributed by atoms with E-state index in [4.69, 9.17) is 4.74 Å². The number of nitro groups is 1. The zero-order chi connectivity index (χ0) is 23.8. The number of ether oxygens (including phenoxy) is 1. The molecule has 2 aromatic rings. The second-order valence-electron chi connectivity index (χ2n) is 8.92. The maximum absolute atomic E-state index is 12.8. The fourth-order valence-electron chi connectivity index (χ4n) is 3.91. The van der Waals surface area contributed by atoms with Gasteiger partial charge in [0.15, 0.2) is 0 Å². The highest BCUT2D eigenvalue weighted by molar-refractivity contribution is 9.10. The largest absolute Gasteiger partial charge is 0.462 e. The van der Waals surface area contributed by atoms with Crippen LogP contribution in [0.1, 0.15) is 60.6 Å². The maximum atomic E-state index is 12.8. The lowest BCUT2D eigenvalue weighted by Crippen LogP contribution is -2.26. The quantitative estimate of drug-likeness (QED) is 0.325. The highest BCUT2D eigenvalue weighted by Gasteiger charge is 2.34. The van der Waals surface area contributed by atoms with Gasteiger partial charge in [-0.3, -0.25) is 4.79 Å². The standard InChI is InChI=1S/C21H27BrN4O5S/c1-6-31-20(28)16-13-8-7-12(21(3,4)5)9-14(13)32-19(16)23-15(27)10-25-11(2)17(22)18(24-25)26(29)30/h12H,6-10H2,1-5H3,(H,23,27)/t12-/m1/s1. The summed E-state index contributed by atoms with van der Waals surface area (Å²) in [6.07, 6.45) is 2.58. The number of hydrogen-bond acceptors (Lipinski definition) is 7. The van der Waals surface area contributed by atoms with Crippen molar-refractivity contribution >= 4 is 50.0 Å². The summed E-state index contributed by atoms with van der Waals surface area (Å²) < 4.78 is 6.78. The van der Waals surface area contributed by atoms with Crippen LogP contribution in [-0.2, 0) is 28.9 Å². The molecule has 9 nitrogen and oxygen atoms in total. The molecule has 0 saturated carbocycles. The molecule has 0 aliphatic heterocycles. The number of thiophene rings is 1. The molecule has 2 heterocycles. The molecule has 0 unspecified atom stereocenters. The molecular weight excluding hydrogens is 500 g/mol. The number of hydrogen-bond donors (Lipinski definition) is 1. The van der Waals surface area contributed by atoms with Gasteiger partial charge in [-0.1, -0.05) is 20.8 Å². The smallest absolute Gasteiger partial charge is 0.404 e. The number of anilines is 1. The van der Waals surface area contributed by atoms with Gasteiger partial charge in [0.2, 0.25) is 5.91 Å². The topological polar surface area (TPSA) is 116 Å². The van der Waals surface area contributed by atoms with Gasteiger partial charge in [0.25, 0.3) is 0 Å². The third kappa shape index (κ3) is 4.88. The number of halogens is 1. The van der Waals surface area contributed by atoms with Gasteiger partial charge in [-0.15, -0.1) is 11.3 Å². The molecule has 0 radical (unpaired) electrons. The highest BCUT2D eigenvalue weighted by atomic mass is 79.9. The van der Waals surface area contributed by atoms with E-state index in [-0.39, 0.29) is 28.9 Å². The van der Waals surface area contributed by atoms with Gasteiger partial charge < -0.3 is 20.2 Å². The van der Waals surface area contributed by atoms with Crippen LogP contribution in [0.25, 0.3) is 0 Å². The molecule has 1 atom stereocenters. The lowest BCUT2D eigenvalue weighted by Gasteiger charge is -2.33. The third-order valence-electron chi connectivity index (χ3n) is 5.81. The van der Waals surface area contributed by atoms with Gasteiger partial charge >= 0.3 is 11.8 Å². The van der Waals surface area contributed by atoms with E-state index >= 15 is 0 Å². The minimum atomic E-state index is -0.608. The lowest BCUT2D eigenvalue weighted by molar-refractivity contribution is -0.390. The molecule has 32 heavy (non-hydrogen) atoms. The predicted molar refractivity (Wildman–Crippen MR) is 125 cm³/mol. The van der Waals surface area contributed by atoms with E-state index in [1.54, 1.807) is 13.8 Å². The Balaban J connectivity index is 1.88. The van der Waals surface area contributed by atoms with Crippen LogP contribution >= 0.6 is 27.3 Å². The van der Waals surface area contributed by atoms with Gasteiger partial charge in [-0.05, 0) is 70.9 Å². The molecule has 0 saturated heterocycles. The van der Waals surface area contributed by atoms with Gasteiger partial charge in [-0.2, -0.15) is 4.68 Å². The van der Waals surface area contributed by atoms with Crippen molar-refractivity contribution in [3.05, 3.63) is 36.3 Å². The Kier molecular flexibility index (Phi) is 7.09. The minimum absolute atomic E-state index is 0.148. The van der Waals surface area contributed by atoms with Crippen molar-refractivity contribution < 1.29 is 19.2 Å². The summed E-state index contributed by atoms with van der Waals surface area (Å²) in [5.74, 6) is -0.725. The van der Waals surface area contributed by atoms with Crippen LogP contribution in [0.2, 0.25) is 0 Å². The molecule has 1 N–H and O–H groups in total. The van der Waals surface area contributed by atoms with E-state index in [1.165, 1.54) is 16.0 Å². The number of carbonyl (C=O) groups excluding carboxylic acids is 2. The van der Waals surface area contributed by atoms with E-state index < -0.39 is 16.8 Å². The number of fused-ring (bicyclic) bond motifs is 1. The van der Waals surface area contributed by atoms with Crippen LogP contribution in [0.15, 0.2) is 4.47 Å². The Bertz CT molecular complexity index is 1070. The third-order valence-corrected chi connectivity index (χ3v) is 7.90. The Hall–Kier alpha value is -2.27. The maximum Gasteiger partial charge on any atom is 0.404 e. The van der Waals surface area contributed by atoms with Crippen LogP contribution in [0.5, 0.6) is 0 Å². The molecule has 1 amide bonds. The van der Waals surface area contributed by atoms with Crippen molar-refractivity contribution in [1.82, 2.24) is 9.78 Å². The first-order chi connectivity index (χ1) is 14.9. The summed E-state index contributed by atoms with van der Waals surface area (Å²) in [5.41, 5.74) is 2.00. The van der Waals surface area contributed by atoms with Crippen LogP contribution in [0.4, 0.5) is 10.8 Å².